The first-order valence-corrected chi connectivity index (χ1v) is 10.7. The molecule has 4 aliphatic rings. The number of amides is 1. The molecule has 158 valence electrons. The van der Waals surface area contributed by atoms with Crippen molar-refractivity contribution in [3.05, 3.63) is 70.8 Å². The Balaban J connectivity index is 1.41. The number of halogens is 2. The van der Waals surface area contributed by atoms with E-state index in [1.165, 1.54) is 6.07 Å². The van der Waals surface area contributed by atoms with Gasteiger partial charge in [0.25, 0.3) is 0 Å². The molecule has 4 heterocycles. The molecule has 1 atom stereocenters. The number of piperidine rings is 3. The van der Waals surface area contributed by atoms with E-state index in [2.05, 4.69) is 4.90 Å². The lowest BCUT2D eigenvalue weighted by Crippen LogP contribution is -2.51. The monoisotopic (exact) mass is 412 g/mol. The fourth-order valence-electron chi connectivity index (χ4n) is 5.22. The summed E-state index contributed by atoms with van der Waals surface area (Å²) in [5, 5.41) is 0. The van der Waals surface area contributed by atoms with Gasteiger partial charge in [0.15, 0.2) is 11.6 Å². The van der Waals surface area contributed by atoms with Crippen molar-refractivity contribution >= 4 is 6.09 Å². The van der Waals surface area contributed by atoms with Gasteiger partial charge in [-0.25, -0.2) is 13.6 Å². The van der Waals surface area contributed by atoms with E-state index in [1.54, 1.807) is 11.0 Å². The summed E-state index contributed by atoms with van der Waals surface area (Å²) in [4.78, 5) is 17.3. The van der Waals surface area contributed by atoms with Gasteiger partial charge in [0.1, 0.15) is 0 Å². The van der Waals surface area contributed by atoms with Crippen LogP contribution in [0.2, 0.25) is 0 Å². The molecule has 0 radical (unpaired) electrons. The van der Waals surface area contributed by atoms with Gasteiger partial charge in [0.2, 0.25) is 0 Å². The highest BCUT2D eigenvalue weighted by atomic mass is 19.2. The van der Waals surface area contributed by atoms with Crippen molar-refractivity contribution in [2.75, 3.05) is 32.8 Å². The van der Waals surface area contributed by atoms with Crippen LogP contribution in [0.15, 0.2) is 42.5 Å². The van der Waals surface area contributed by atoms with Crippen molar-refractivity contribution < 1.29 is 18.3 Å². The van der Waals surface area contributed by atoms with Crippen LogP contribution in [0, 0.1) is 17.0 Å². The Bertz CT molecular complexity index is 942. The van der Waals surface area contributed by atoms with Crippen LogP contribution in [0.1, 0.15) is 42.0 Å². The first-order valence-electron chi connectivity index (χ1n) is 10.7. The molecule has 0 spiro atoms. The summed E-state index contributed by atoms with van der Waals surface area (Å²) >= 11 is 0. The molecule has 4 aliphatic heterocycles. The number of benzene rings is 2. The van der Waals surface area contributed by atoms with Crippen molar-refractivity contribution in [1.82, 2.24) is 9.80 Å². The minimum Gasteiger partial charge on any atom is -0.449 e. The molecule has 6 rings (SSSR count). The van der Waals surface area contributed by atoms with E-state index in [0.29, 0.717) is 25.1 Å². The predicted molar refractivity (Wildman–Crippen MR) is 109 cm³/mol. The van der Waals surface area contributed by atoms with Crippen LogP contribution in [0.3, 0.4) is 0 Å². The maximum absolute atomic E-state index is 14.0. The molecule has 6 heteroatoms. The van der Waals surface area contributed by atoms with E-state index in [9.17, 15) is 13.6 Å². The molecular formula is C24H26F2N2O2. The fourth-order valence-corrected chi connectivity index (χ4v) is 5.22. The number of carbonyl (C=O) groups is 1. The maximum atomic E-state index is 14.0. The van der Waals surface area contributed by atoms with E-state index in [0.717, 1.165) is 56.1 Å². The predicted octanol–water partition coefficient (Wildman–Crippen LogP) is 4.53. The van der Waals surface area contributed by atoms with Gasteiger partial charge in [0, 0.05) is 12.0 Å². The molecule has 0 aliphatic carbocycles. The third-order valence-electron chi connectivity index (χ3n) is 7.15. The second-order valence-corrected chi connectivity index (χ2v) is 8.86. The van der Waals surface area contributed by atoms with Crippen molar-refractivity contribution in [2.45, 2.75) is 31.7 Å². The number of carbonyl (C=O) groups excluding carboxylic acids is 1. The van der Waals surface area contributed by atoms with Crippen LogP contribution < -0.4 is 0 Å². The molecule has 0 saturated carbocycles. The lowest BCUT2D eigenvalue weighted by atomic mass is 9.73. The Morgan fingerprint density at radius 3 is 2.47 bits per heavy atom. The van der Waals surface area contributed by atoms with Crippen molar-refractivity contribution in [2.24, 2.45) is 5.41 Å². The lowest BCUT2D eigenvalue weighted by molar-refractivity contribution is -0.0300. The topological polar surface area (TPSA) is 32.8 Å². The van der Waals surface area contributed by atoms with Crippen LogP contribution in [0.5, 0.6) is 0 Å². The highest BCUT2D eigenvalue weighted by Crippen LogP contribution is 2.41. The van der Waals surface area contributed by atoms with Gasteiger partial charge in [-0.2, -0.15) is 0 Å². The van der Waals surface area contributed by atoms with Gasteiger partial charge >= 0.3 is 6.09 Å². The summed E-state index contributed by atoms with van der Waals surface area (Å²) in [6.07, 6.45) is 3.54. The molecule has 3 saturated heterocycles. The van der Waals surface area contributed by atoms with E-state index >= 15 is 0 Å². The number of ether oxygens (including phenoxy) is 1. The molecule has 30 heavy (non-hydrogen) atoms. The zero-order valence-electron chi connectivity index (χ0n) is 16.9. The SMILES string of the molecule is O=C(OCC12CCN(CC1)CC2)N1CCc2ccccc2[C@@H]1c1ccc(F)c(F)c1. The second kappa shape index (κ2) is 7.65. The summed E-state index contributed by atoms with van der Waals surface area (Å²) in [7, 11) is 0. The van der Waals surface area contributed by atoms with E-state index in [4.69, 9.17) is 4.74 Å². The van der Waals surface area contributed by atoms with E-state index in [1.807, 2.05) is 24.3 Å². The number of fused-ring (bicyclic) bond motifs is 4. The zero-order chi connectivity index (χ0) is 20.7. The Kier molecular flexibility index (Phi) is 4.97. The average molecular weight is 412 g/mol. The van der Waals surface area contributed by atoms with Gasteiger partial charge in [-0.15, -0.1) is 0 Å². The van der Waals surface area contributed by atoms with Gasteiger partial charge in [-0.05, 0) is 74.1 Å². The first kappa shape index (κ1) is 19.5. The van der Waals surface area contributed by atoms with Crippen molar-refractivity contribution in [3.63, 3.8) is 0 Å². The molecule has 2 aromatic carbocycles. The van der Waals surface area contributed by atoms with E-state index < -0.39 is 17.7 Å². The second-order valence-electron chi connectivity index (χ2n) is 8.86. The Hall–Kier alpha value is -2.47. The highest BCUT2D eigenvalue weighted by Gasteiger charge is 2.41. The maximum Gasteiger partial charge on any atom is 0.410 e. The Morgan fingerprint density at radius 1 is 1.00 bits per heavy atom. The molecule has 0 aromatic heterocycles. The summed E-state index contributed by atoms with van der Waals surface area (Å²) in [6.45, 7) is 4.15. The van der Waals surface area contributed by atoms with Gasteiger partial charge in [-0.1, -0.05) is 30.3 Å². The molecule has 2 bridgehead atoms. The Morgan fingerprint density at radius 2 is 1.73 bits per heavy atom. The smallest absolute Gasteiger partial charge is 0.410 e. The van der Waals surface area contributed by atoms with Gasteiger partial charge in [0.05, 0.1) is 12.6 Å². The summed E-state index contributed by atoms with van der Waals surface area (Å²) < 4.78 is 33.4. The fraction of sp³-hybridized carbons (Fsp3) is 0.458. The number of hydrogen-bond acceptors (Lipinski definition) is 3. The summed E-state index contributed by atoms with van der Waals surface area (Å²) in [6, 6.07) is 11.2. The Labute approximate surface area is 175 Å². The molecule has 0 unspecified atom stereocenters. The third-order valence-corrected chi connectivity index (χ3v) is 7.15. The standard InChI is InChI=1S/C24H26F2N2O2/c25-20-6-5-18(15-21(20)26)22-19-4-2-1-3-17(19)7-11-28(22)23(29)30-16-24-8-12-27(13-9-24)14-10-24/h1-6,15,22H,7-14,16H2/t22-/m0/s1. The summed E-state index contributed by atoms with van der Waals surface area (Å²) in [5.41, 5.74) is 2.71. The third kappa shape index (κ3) is 3.47. The van der Waals surface area contributed by atoms with Crippen LogP contribution in [0.25, 0.3) is 0 Å². The number of rotatable bonds is 3. The normalized spacial score (nSPS) is 27.6. The number of hydrogen-bond donors (Lipinski definition) is 0. The van der Waals surface area contributed by atoms with Crippen LogP contribution in [-0.2, 0) is 11.2 Å². The van der Waals surface area contributed by atoms with E-state index in [-0.39, 0.29) is 11.5 Å². The summed E-state index contributed by atoms with van der Waals surface area (Å²) in [5.74, 6) is -1.79. The molecule has 2 aromatic rings. The largest absolute Gasteiger partial charge is 0.449 e. The number of nitrogens with zero attached hydrogens (tertiary/aromatic N) is 2. The minimum atomic E-state index is -0.906. The minimum absolute atomic E-state index is 0.0928. The average Bonchev–Trinajstić information content (AvgIpc) is 2.80. The molecule has 1 amide bonds. The van der Waals surface area contributed by atoms with Crippen molar-refractivity contribution in [3.8, 4) is 0 Å². The zero-order valence-corrected chi connectivity index (χ0v) is 16.9. The van der Waals surface area contributed by atoms with Crippen LogP contribution in [0.4, 0.5) is 13.6 Å². The van der Waals surface area contributed by atoms with Gasteiger partial charge in [-0.3, -0.25) is 4.90 Å². The molecule has 3 fully saturated rings. The molecular weight excluding hydrogens is 386 g/mol. The highest BCUT2D eigenvalue weighted by molar-refractivity contribution is 5.70. The van der Waals surface area contributed by atoms with Crippen LogP contribution in [-0.4, -0.2) is 48.7 Å². The quantitative estimate of drug-likeness (QED) is 0.742. The lowest BCUT2D eigenvalue weighted by Gasteiger charge is -2.48. The van der Waals surface area contributed by atoms with Crippen molar-refractivity contribution in [1.29, 1.82) is 0 Å². The molecule has 4 nitrogen and oxygen atoms in total. The van der Waals surface area contributed by atoms with Gasteiger partial charge < -0.3 is 9.64 Å². The molecule has 0 N–H and O–H groups in total. The van der Waals surface area contributed by atoms with Crippen LogP contribution >= 0.6 is 0 Å². The first-order chi connectivity index (χ1) is 14.5.